The minimum atomic E-state index is -0.204. The molecule has 0 bridgehead atoms. The number of fused-ring (bicyclic) bond motifs is 1. The van der Waals surface area contributed by atoms with E-state index in [1.807, 2.05) is 19.1 Å². The molecule has 2 atom stereocenters. The maximum Gasteiger partial charge on any atom is 0.111 e. The first-order chi connectivity index (χ1) is 8.66. The van der Waals surface area contributed by atoms with Gasteiger partial charge in [-0.1, -0.05) is 12.1 Å². The molecular formula is C14H20N2OS. The van der Waals surface area contributed by atoms with Crippen LogP contribution >= 0.6 is 11.3 Å². The van der Waals surface area contributed by atoms with Crippen LogP contribution in [0.25, 0.3) is 10.2 Å². The minimum absolute atomic E-state index is 0.204. The van der Waals surface area contributed by atoms with E-state index in [2.05, 4.69) is 29.4 Å². The molecule has 3 nitrogen and oxygen atoms in total. The molecule has 0 aliphatic carbocycles. The van der Waals surface area contributed by atoms with E-state index >= 15 is 0 Å². The van der Waals surface area contributed by atoms with Crippen molar-refractivity contribution in [2.45, 2.75) is 38.8 Å². The summed E-state index contributed by atoms with van der Waals surface area (Å²) in [4.78, 5) is 4.63. The second-order valence-corrected chi connectivity index (χ2v) is 5.75. The number of nitrogens with one attached hydrogen (secondary N) is 1. The van der Waals surface area contributed by atoms with Crippen LogP contribution in [0, 0.1) is 0 Å². The molecule has 2 N–H and O–H groups in total. The van der Waals surface area contributed by atoms with Gasteiger partial charge in [0.15, 0.2) is 0 Å². The van der Waals surface area contributed by atoms with Crippen LogP contribution in [0.5, 0.6) is 0 Å². The van der Waals surface area contributed by atoms with Crippen LogP contribution < -0.4 is 5.32 Å². The number of benzene rings is 1. The Bertz CT molecular complexity index is 462. The fraction of sp³-hybridized carbons (Fsp3) is 0.500. The van der Waals surface area contributed by atoms with Gasteiger partial charge in [0.1, 0.15) is 5.01 Å². The molecule has 2 aromatic rings. The Morgan fingerprint density at radius 1 is 1.33 bits per heavy atom. The van der Waals surface area contributed by atoms with Gasteiger partial charge in [-0.25, -0.2) is 4.98 Å². The highest BCUT2D eigenvalue weighted by Gasteiger charge is 2.10. The van der Waals surface area contributed by atoms with Gasteiger partial charge in [0, 0.05) is 0 Å². The number of aliphatic hydroxyl groups excluding tert-OH is 1. The molecule has 0 saturated carbocycles. The lowest BCUT2D eigenvalue weighted by Crippen LogP contribution is -2.20. The smallest absolute Gasteiger partial charge is 0.111 e. The molecule has 0 spiro atoms. The molecule has 4 heteroatoms. The average Bonchev–Trinajstić information content (AvgIpc) is 2.78. The fourth-order valence-corrected chi connectivity index (χ4v) is 2.87. The molecule has 1 aromatic carbocycles. The standard InChI is InChI=1S/C14H20N2OS/c1-10(17)6-5-9-15-11(2)14-16-12-7-3-4-8-13(12)18-14/h3-4,7-8,10-11,15,17H,5-6,9H2,1-2H3. The maximum atomic E-state index is 9.19. The number of nitrogens with zero attached hydrogens (tertiary/aromatic N) is 1. The van der Waals surface area contributed by atoms with Gasteiger partial charge in [0.2, 0.25) is 0 Å². The predicted molar refractivity (Wildman–Crippen MR) is 77.0 cm³/mol. The van der Waals surface area contributed by atoms with Gasteiger partial charge in [0.25, 0.3) is 0 Å². The van der Waals surface area contributed by atoms with Crippen LogP contribution in [0.1, 0.15) is 37.7 Å². The van der Waals surface area contributed by atoms with E-state index in [1.54, 1.807) is 11.3 Å². The Labute approximate surface area is 112 Å². The SMILES string of the molecule is CC(O)CCCNC(C)c1nc2ccccc2s1. The first-order valence-corrected chi connectivity index (χ1v) is 7.25. The van der Waals surface area contributed by atoms with Crippen LogP contribution in [0.15, 0.2) is 24.3 Å². The van der Waals surface area contributed by atoms with Crippen molar-refractivity contribution in [2.75, 3.05) is 6.54 Å². The third-order valence-corrected chi connectivity index (χ3v) is 4.15. The molecule has 0 fully saturated rings. The first-order valence-electron chi connectivity index (χ1n) is 6.43. The van der Waals surface area contributed by atoms with Crippen molar-refractivity contribution in [2.24, 2.45) is 0 Å². The lowest BCUT2D eigenvalue weighted by Gasteiger charge is -2.11. The number of aromatic nitrogens is 1. The van der Waals surface area contributed by atoms with E-state index in [0.717, 1.165) is 29.9 Å². The second-order valence-electron chi connectivity index (χ2n) is 4.69. The Morgan fingerprint density at radius 2 is 2.11 bits per heavy atom. The van der Waals surface area contributed by atoms with Crippen molar-refractivity contribution in [1.82, 2.24) is 10.3 Å². The topological polar surface area (TPSA) is 45.1 Å². The van der Waals surface area contributed by atoms with Crippen molar-refractivity contribution < 1.29 is 5.11 Å². The van der Waals surface area contributed by atoms with E-state index in [-0.39, 0.29) is 12.1 Å². The number of aliphatic hydroxyl groups is 1. The average molecular weight is 264 g/mol. The summed E-state index contributed by atoms with van der Waals surface area (Å²) >= 11 is 1.75. The monoisotopic (exact) mass is 264 g/mol. The van der Waals surface area contributed by atoms with E-state index < -0.39 is 0 Å². The van der Waals surface area contributed by atoms with E-state index in [1.165, 1.54) is 4.70 Å². The number of hydrogen-bond donors (Lipinski definition) is 2. The Morgan fingerprint density at radius 3 is 2.83 bits per heavy atom. The molecule has 18 heavy (non-hydrogen) atoms. The number of para-hydroxylation sites is 1. The van der Waals surface area contributed by atoms with Crippen LogP contribution in [0.4, 0.5) is 0 Å². The van der Waals surface area contributed by atoms with Gasteiger partial charge >= 0.3 is 0 Å². The van der Waals surface area contributed by atoms with Crippen LogP contribution in [0.3, 0.4) is 0 Å². The highest BCUT2D eigenvalue weighted by atomic mass is 32.1. The summed E-state index contributed by atoms with van der Waals surface area (Å²) in [5, 5.41) is 13.8. The van der Waals surface area contributed by atoms with Gasteiger partial charge in [-0.15, -0.1) is 11.3 Å². The highest BCUT2D eigenvalue weighted by molar-refractivity contribution is 7.18. The lowest BCUT2D eigenvalue weighted by atomic mass is 10.2. The zero-order valence-corrected chi connectivity index (χ0v) is 11.7. The lowest BCUT2D eigenvalue weighted by molar-refractivity contribution is 0.181. The summed E-state index contributed by atoms with van der Waals surface area (Å²) in [7, 11) is 0. The third-order valence-electron chi connectivity index (χ3n) is 2.93. The van der Waals surface area contributed by atoms with E-state index in [4.69, 9.17) is 0 Å². The van der Waals surface area contributed by atoms with E-state index in [9.17, 15) is 5.11 Å². The van der Waals surface area contributed by atoms with Crippen LogP contribution in [-0.2, 0) is 0 Å². The summed E-state index contributed by atoms with van der Waals surface area (Å²) in [6.07, 6.45) is 1.64. The molecule has 1 heterocycles. The van der Waals surface area contributed by atoms with Crippen molar-refractivity contribution in [3.05, 3.63) is 29.3 Å². The number of thiazole rings is 1. The van der Waals surface area contributed by atoms with Gasteiger partial charge < -0.3 is 10.4 Å². The van der Waals surface area contributed by atoms with Gasteiger partial charge in [-0.2, -0.15) is 0 Å². The molecule has 0 aliphatic heterocycles. The quantitative estimate of drug-likeness (QED) is 0.788. The Kier molecular flexibility index (Phi) is 4.69. The summed E-state index contributed by atoms with van der Waals surface area (Å²) < 4.78 is 1.24. The zero-order valence-electron chi connectivity index (χ0n) is 10.9. The third kappa shape index (κ3) is 3.51. The summed E-state index contributed by atoms with van der Waals surface area (Å²) in [6, 6.07) is 8.50. The Balaban J connectivity index is 1.90. The summed E-state index contributed by atoms with van der Waals surface area (Å²) in [5.41, 5.74) is 1.08. The second kappa shape index (κ2) is 6.27. The largest absolute Gasteiger partial charge is 0.393 e. The first kappa shape index (κ1) is 13.5. The van der Waals surface area contributed by atoms with Crippen molar-refractivity contribution in [3.63, 3.8) is 0 Å². The van der Waals surface area contributed by atoms with Crippen LogP contribution in [-0.4, -0.2) is 22.7 Å². The van der Waals surface area contributed by atoms with Gasteiger partial charge in [-0.3, -0.25) is 0 Å². The Hall–Kier alpha value is -0.970. The van der Waals surface area contributed by atoms with Crippen molar-refractivity contribution in [1.29, 1.82) is 0 Å². The number of hydrogen-bond acceptors (Lipinski definition) is 4. The van der Waals surface area contributed by atoms with Crippen molar-refractivity contribution in [3.8, 4) is 0 Å². The molecule has 0 aliphatic rings. The van der Waals surface area contributed by atoms with Crippen molar-refractivity contribution >= 4 is 21.6 Å². The predicted octanol–water partition coefficient (Wildman–Crippen LogP) is 3.11. The molecule has 2 rings (SSSR count). The fourth-order valence-electron chi connectivity index (χ4n) is 1.88. The van der Waals surface area contributed by atoms with Crippen LogP contribution in [0.2, 0.25) is 0 Å². The minimum Gasteiger partial charge on any atom is -0.393 e. The van der Waals surface area contributed by atoms with E-state index in [0.29, 0.717) is 0 Å². The molecule has 2 unspecified atom stereocenters. The normalized spacial score (nSPS) is 14.8. The molecule has 98 valence electrons. The molecule has 1 aromatic heterocycles. The molecular weight excluding hydrogens is 244 g/mol. The summed E-state index contributed by atoms with van der Waals surface area (Å²) in [5.74, 6) is 0. The maximum absolute atomic E-state index is 9.19. The van der Waals surface area contributed by atoms with Gasteiger partial charge in [0.05, 0.1) is 22.4 Å². The van der Waals surface area contributed by atoms with Gasteiger partial charge in [-0.05, 0) is 45.4 Å². The number of rotatable bonds is 6. The molecule has 0 amide bonds. The molecule has 0 saturated heterocycles. The summed E-state index contributed by atoms with van der Waals surface area (Å²) in [6.45, 7) is 4.89. The zero-order chi connectivity index (χ0) is 13.0. The molecule has 0 radical (unpaired) electrons. The highest BCUT2D eigenvalue weighted by Crippen LogP contribution is 2.25.